The van der Waals surface area contributed by atoms with Crippen LogP contribution in [0.2, 0.25) is 0 Å². The highest BCUT2D eigenvalue weighted by Gasteiger charge is 2.63. The summed E-state index contributed by atoms with van der Waals surface area (Å²) in [4.78, 5) is 45.9. The molecule has 0 saturated carbocycles. The second-order valence-corrected chi connectivity index (χ2v) is 10.8. The Labute approximate surface area is 240 Å². The number of Topliss-reactive ketones (excluding diaryl/α,β-unsaturated/α-hetero) is 2. The van der Waals surface area contributed by atoms with E-state index >= 15 is 0 Å². The molecule has 0 fully saturated rings. The number of hydrogen-bond donors (Lipinski definition) is 5. The lowest BCUT2D eigenvalue weighted by Crippen LogP contribution is -2.63. The highest BCUT2D eigenvalue weighted by atomic mass is 16.6. The lowest BCUT2D eigenvalue weighted by atomic mass is 9.58. The molecule has 3 aliphatic carbocycles. The third kappa shape index (κ3) is 4.05. The number of aliphatic hydroxyl groups excluding tert-OH is 2. The summed E-state index contributed by atoms with van der Waals surface area (Å²) in [7, 11) is 6.09. The number of hydrogen-bond acceptors (Lipinski definition) is 11. The van der Waals surface area contributed by atoms with Crippen molar-refractivity contribution in [2.75, 3.05) is 28.3 Å². The molecule has 2 aromatic rings. The van der Waals surface area contributed by atoms with Crippen LogP contribution >= 0.6 is 0 Å². The van der Waals surface area contributed by atoms with Gasteiger partial charge in [0.25, 0.3) is 5.91 Å². The van der Waals surface area contributed by atoms with Crippen molar-refractivity contribution in [1.82, 2.24) is 4.90 Å². The molecule has 0 saturated heterocycles. The van der Waals surface area contributed by atoms with Gasteiger partial charge < -0.3 is 35.7 Å². The summed E-state index contributed by atoms with van der Waals surface area (Å²) in [6.07, 6.45) is 1.63. The molecule has 0 bridgehead atoms. The number of aromatic hydroxyl groups is 1. The molecule has 3 aliphatic rings. The van der Waals surface area contributed by atoms with Gasteiger partial charge in [0.05, 0.1) is 24.9 Å². The number of rotatable bonds is 6. The first-order chi connectivity index (χ1) is 19.9. The molecule has 6 N–H and O–H groups in total. The van der Waals surface area contributed by atoms with Crippen molar-refractivity contribution in [2.24, 2.45) is 22.7 Å². The average molecular weight is 578 g/mol. The van der Waals surface area contributed by atoms with Gasteiger partial charge >= 0.3 is 0 Å². The average Bonchev–Trinajstić information content (AvgIpc) is 2.93. The fraction of sp³-hybridized carbons (Fsp3) is 0.333. The van der Waals surface area contributed by atoms with Crippen molar-refractivity contribution in [2.45, 2.75) is 24.5 Å². The molecule has 0 heterocycles. The standard InChI is InChI=1S/C30H31N3O9/c1-33(2)24-18-11-14-10-17-16(13-5-8-20(41-3)15(9-13)12-32-42-4)6-7-19(34)22(17)25(35)21(14)27(37)30(18,40)28(38)23(26(24)36)29(31)39/h5-9,12,14,18,24,34,36-37,40H,10-11H2,1-4H3,(H2,31,39)/b32-12+/t14-,18+,24-,30+/m0/s1. The van der Waals surface area contributed by atoms with E-state index in [4.69, 9.17) is 15.3 Å². The van der Waals surface area contributed by atoms with Crippen LogP contribution < -0.4 is 10.5 Å². The number of aliphatic hydroxyl groups is 3. The van der Waals surface area contributed by atoms with Gasteiger partial charge in [-0.25, -0.2) is 0 Å². The molecular formula is C30H31N3O9. The number of ketones is 2. The number of carbonyl (C=O) groups excluding carboxylic acids is 3. The van der Waals surface area contributed by atoms with Crippen LogP contribution in [-0.4, -0.2) is 89.0 Å². The number of ether oxygens (including phenoxy) is 1. The van der Waals surface area contributed by atoms with Crippen LogP contribution in [-0.2, 0) is 20.8 Å². The van der Waals surface area contributed by atoms with Crippen molar-refractivity contribution in [1.29, 1.82) is 0 Å². The number of likely N-dealkylation sites (N-methyl/N-ethyl adjacent to an activating group) is 1. The number of allylic oxidation sites excluding steroid dienone is 1. The molecule has 5 rings (SSSR count). The number of phenols is 1. The SMILES string of the molecule is CO/N=C/c1cc(-c2ccc(O)c3c2C[C@H]2C[C@@H]4[C@H](N(C)C)C(O)=C(C(N)=O)C(=O)[C@]4(O)C(O)=C2C3=O)ccc1OC. The number of carbonyl (C=O) groups is 3. The van der Waals surface area contributed by atoms with E-state index in [2.05, 4.69) is 5.16 Å². The van der Waals surface area contributed by atoms with Crippen LogP contribution in [0.25, 0.3) is 11.1 Å². The molecule has 0 aromatic heterocycles. The lowest BCUT2D eigenvalue weighted by Gasteiger charge is -2.50. The van der Waals surface area contributed by atoms with Crippen molar-refractivity contribution in [3.63, 3.8) is 0 Å². The maximum atomic E-state index is 14.0. The number of methoxy groups -OCH3 is 1. The van der Waals surface area contributed by atoms with Gasteiger partial charge in [-0.3, -0.25) is 19.3 Å². The first-order valence-corrected chi connectivity index (χ1v) is 13.1. The normalized spacial score (nSPS) is 25.4. The minimum atomic E-state index is -2.69. The molecule has 12 heteroatoms. The minimum absolute atomic E-state index is 0.00474. The van der Waals surface area contributed by atoms with Gasteiger partial charge in [0.1, 0.15) is 35.7 Å². The van der Waals surface area contributed by atoms with E-state index < -0.39 is 58.0 Å². The zero-order valence-corrected chi connectivity index (χ0v) is 23.4. The monoisotopic (exact) mass is 577 g/mol. The van der Waals surface area contributed by atoms with Crippen molar-refractivity contribution < 1.29 is 44.4 Å². The predicted molar refractivity (Wildman–Crippen MR) is 150 cm³/mol. The van der Waals surface area contributed by atoms with E-state index in [0.29, 0.717) is 28.0 Å². The number of benzene rings is 2. The van der Waals surface area contributed by atoms with Crippen molar-refractivity contribution >= 4 is 23.7 Å². The molecular weight excluding hydrogens is 546 g/mol. The molecule has 0 spiro atoms. The smallest absolute Gasteiger partial charge is 0.255 e. The summed E-state index contributed by atoms with van der Waals surface area (Å²) in [5, 5.41) is 48.8. The largest absolute Gasteiger partial charge is 0.510 e. The Bertz CT molecular complexity index is 1620. The van der Waals surface area contributed by atoms with Crippen LogP contribution in [0.5, 0.6) is 11.5 Å². The number of nitrogens with zero attached hydrogens (tertiary/aromatic N) is 2. The molecule has 2 aromatic carbocycles. The minimum Gasteiger partial charge on any atom is -0.510 e. The molecule has 0 radical (unpaired) electrons. The van der Waals surface area contributed by atoms with Crippen LogP contribution in [0.15, 0.2) is 58.2 Å². The summed E-state index contributed by atoms with van der Waals surface area (Å²) in [5.41, 5.74) is 3.98. The van der Waals surface area contributed by atoms with Crippen molar-refractivity contribution in [3.8, 4) is 22.6 Å². The highest BCUT2D eigenvalue weighted by Crippen LogP contribution is 2.53. The van der Waals surface area contributed by atoms with E-state index in [-0.39, 0.29) is 29.7 Å². The highest BCUT2D eigenvalue weighted by molar-refractivity contribution is 6.25. The van der Waals surface area contributed by atoms with Crippen LogP contribution in [0.4, 0.5) is 0 Å². The zero-order chi connectivity index (χ0) is 30.7. The fourth-order valence-electron chi connectivity index (χ4n) is 6.63. The number of phenolic OH excluding ortho intramolecular Hbond substituents is 1. The van der Waals surface area contributed by atoms with Gasteiger partial charge in [-0.2, -0.15) is 0 Å². The Kier molecular flexibility index (Phi) is 7.07. The Morgan fingerprint density at radius 1 is 1.14 bits per heavy atom. The first-order valence-electron chi connectivity index (χ1n) is 13.1. The predicted octanol–water partition coefficient (Wildman–Crippen LogP) is 1.78. The molecule has 12 nitrogen and oxygen atoms in total. The van der Waals surface area contributed by atoms with E-state index in [1.165, 1.54) is 31.4 Å². The van der Waals surface area contributed by atoms with Crippen LogP contribution in [0.1, 0.15) is 27.9 Å². The maximum Gasteiger partial charge on any atom is 0.255 e. The van der Waals surface area contributed by atoms with Gasteiger partial charge in [-0.05, 0) is 67.7 Å². The Balaban J connectivity index is 1.70. The summed E-state index contributed by atoms with van der Waals surface area (Å²) in [6, 6.07) is 7.28. The molecule has 0 unspecified atom stereocenters. The Morgan fingerprint density at radius 3 is 2.48 bits per heavy atom. The summed E-state index contributed by atoms with van der Waals surface area (Å²) in [6.45, 7) is 0. The first kappa shape index (κ1) is 28.8. The topological polar surface area (TPSA) is 192 Å². The fourth-order valence-corrected chi connectivity index (χ4v) is 6.63. The van der Waals surface area contributed by atoms with Gasteiger partial charge in [0, 0.05) is 17.1 Å². The molecule has 220 valence electrons. The summed E-state index contributed by atoms with van der Waals surface area (Å²) < 4.78 is 5.41. The number of amides is 1. The second-order valence-electron chi connectivity index (χ2n) is 10.8. The zero-order valence-electron chi connectivity index (χ0n) is 23.4. The van der Waals surface area contributed by atoms with Gasteiger partial charge in [-0.1, -0.05) is 17.3 Å². The summed E-state index contributed by atoms with van der Waals surface area (Å²) >= 11 is 0. The number of nitrogens with two attached hydrogens (primary N) is 1. The molecule has 1 amide bonds. The van der Waals surface area contributed by atoms with E-state index in [1.54, 1.807) is 38.4 Å². The third-order valence-electron chi connectivity index (χ3n) is 8.44. The van der Waals surface area contributed by atoms with Gasteiger partial charge in [-0.15, -0.1) is 0 Å². The Hall–Kier alpha value is -4.68. The summed E-state index contributed by atoms with van der Waals surface area (Å²) in [5.74, 6) is -6.43. The Morgan fingerprint density at radius 2 is 1.86 bits per heavy atom. The van der Waals surface area contributed by atoms with Crippen LogP contribution in [0.3, 0.4) is 0 Å². The molecule has 4 atom stereocenters. The van der Waals surface area contributed by atoms with Crippen molar-refractivity contribution in [3.05, 3.63) is 69.7 Å². The molecule has 42 heavy (non-hydrogen) atoms. The van der Waals surface area contributed by atoms with E-state index in [9.17, 15) is 34.8 Å². The van der Waals surface area contributed by atoms with Gasteiger partial charge in [0.2, 0.25) is 5.78 Å². The molecule has 0 aliphatic heterocycles. The lowest BCUT2D eigenvalue weighted by molar-refractivity contribution is -0.148. The number of oxime groups is 1. The van der Waals surface area contributed by atoms with Crippen LogP contribution in [0, 0.1) is 11.8 Å². The van der Waals surface area contributed by atoms with E-state index in [0.717, 1.165) is 0 Å². The third-order valence-corrected chi connectivity index (χ3v) is 8.44. The number of fused-ring (bicyclic) bond motifs is 3. The quantitative estimate of drug-likeness (QED) is 0.192. The van der Waals surface area contributed by atoms with Gasteiger partial charge in [0.15, 0.2) is 11.4 Å². The number of primary amides is 1. The maximum absolute atomic E-state index is 14.0. The van der Waals surface area contributed by atoms with E-state index in [1.807, 2.05) is 0 Å². The second kappa shape index (κ2) is 10.3.